The fraction of sp³-hybridized carbons (Fsp3) is 0.286. The Morgan fingerprint density at radius 2 is 1.86 bits per heavy atom. The van der Waals surface area contributed by atoms with Crippen LogP contribution in [0.3, 0.4) is 0 Å². The number of nitrogens with zero attached hydrogens (tertiary/aromatic N) is 1. The van der Waals surface area contributed by atoms with Gasteiger partial charge >= 0.3 is 6.03 Å². The van der Waals surface area contributed by atoms with E-state index >= 15 is 0 Å². The molecule has 1 aliphatic carbocycles. The lowest BCUT2D eigenvalue weighted by atomic mass is 9.96. The van der Waals surface area contributed by atoms with Gasteiger partial charge in [0.25, 0.3) is 5.91 Å². The molecule has 0 aromatic heterocycles. The molecule has 0 unspecified atom stereocenters. The number of urea groups is 1. The van der Waals surface area contributed by atoms with Gasteiger partial charge in [0, 0.05) is 11.8 Å². The Kier molecular flexibility index (Phi) is 4.50. The molecular weight excluding hydrogens is 358 g/mol. The largest absolute Gasteiger partial charge is 0.457 e. The van der Waals surface area contributed by atoms with Gasteiger partial charge in [-0.05, 0) is 49.9 Å². The van der Waals surface area contributed by atoms with Gasteiger partial charge in [-0.25, -0.2) is 4.79 Å². The maximum absolute atomic E-state index is 12.6. The zero-order valence-corrected chi connectivity index (χ0v) is 15.5. The van der Waals surface area contributed by atoms with E-state index in [1.807, 2.05) is 30.3 Å². The van der Waals surface area contributed by atoms with Gasteiger partial charge in [0.15, 0.2) is 0 Å². The molecule has 144 valence electrons. The van der Waals surface area contributed by atoms with Crippen molar-refractivity contribution >= 4 is 23.5 Å². The summed E-state index contributed by atoms with van der Waals surface area (Å²) in [6.07, 6.45) is 1.83. The van der Waals surface area contributed by atoms with Gasteiger partial charge in [0.2, 0.25) is 5.91 Å². The lowest BCUT2D eigenvalue weighted by molar-refractivity contribution is -0.134. The Morgan fingerprint density at radius 3 is 2.57 bits per heavy atom. The van der Waals surface area contributed by atoms with Crippen LogP contribution in [-0.4, -0.2) is 34.8 Å². The molecule has 2 N–H and O–H groups in total. The van der Waals surface area contributed by atoms with Crippen LogP contribution < -0.4 is 15.4 Å². The fourth-order valence-corrected chi connectivity index (χ4v) is 3.40. The minimum absolute atomic E-state index is 0.156. The number of ether oxygens (including phenoxy) is 1. The monoisotopic (exact) mass is 379 g/mol. The van der Waals surface area contributed by atoms with E-state index in [0.29, 0.717) is 17.2 Å². The van der Waals surface area contributed by atoms with E-state index in [1.165, 1.54) is 0 Å². The summed E-state index contributed by atoms with van der Waals surface area (Å²) >= 11 is 0. The van der Waals surface area contributed by atoms with Crippen LogP contribution in [0.5, 0.6) is 11.5 Å². The maximum Gasteiger partial charge on any atom is 0.325 e. The van der Waals surface area contributed by atoms with Gasteiger partial charge in [0.05, 0.1) is 0 Å². The quantitative estimate of drug-likeness (QED) is 0.755. The van der Waals surface area contributed by atoms with E-state index in [9.17, 15) is 14.4 Å². The van der Waals surface area contributed by atoms with Crippen molar-refractivity contribution in [2.75, 3.05) is 11.9 Å². The van der Waals surface area contributed by atoms with Crippen LogP contribution in [0.15, 0.2) is 54.6 Å². The Bertz CT molecular complexity index is 926. The van der Waals surface area contributed by atoms with Gasteiger partial charge < -0.3 is 15.4 Å². The van der Waals surface area contributed by atoms with Crippen LogP contribution in [0.1, 0.15) is 19.8 Å². The maximum atomic E-state index is 12.6. The Morgan fingerprint density at radius 1 is 1.14 bits per heavy atom. The summed E-state index contributed by atoms with van der Waals surface area (Å²) in [6, 6.07) is 15.7. The predicted octanol–water partition coefficient (Wildman–Crippen LogP) is 3.14. The van der Waals surface area contributed by atoms with Gasteiger partial charge in [-0.2, -0.15) is 0 Å². The number of amides is 4. The average Bonchev–Trinajstić information content (AvgIpc) is 3.49. The van der Waals surface area contributed by atoms with E-state index in [2.05, 4.69) is 10.6 Å². The number of hydrogen-bond acceptors (Lipinski definition) is 4. The highest BCUT2D eigenvalue weighted by Crippen LogP contribution is 2.42. The topological polar surface area (TPSA) is 87.7 Å². The summed E-state index contributed by atoms with van der Waals surface area (Å²) in [5, 5.41) is 5.45. The van der Waals surface area contributed by atoms with Crippen molar-refractivity contribution < 1.29 is 19.1 Å². The fourth-order valence-electron chi connectivity index (χ4n) is 3.40. The SMILES string of the molecule is C[C@]1(C2CC2)NC(=O)N(CC(=O)Nc2cccc(Oc3ccccc3)c2)C1=O. The van der Waals surface area contributed by atoms with Crippen LogP contribution in [0, 0.1) is 5.92 Å². The Labute approximate surface area is 162 Å². The molecule has 0 radical (unpaired) electrons. The molecule has 1 saturated heterocycles. The number of anilines is 1. The van der Waals surface area contributed by atoms with E-state index in [1.54, 1.807) is 31.2 Å². The minimum Gasteiger partial charge on any atom is -0.457 e. The third-order valence-corrected chi connectivity index (χ3v) is 5.09. The highest BCUT2D eigenvalue weighted by molar-refractivity contribution is 6.10. The summed E-state index contributed by atoms with van der Waals surface area (Å²) in [7, 11) is 0. The summed E-state index contributed by atoms with van der Waals surface area (Å²) in [6.45, 7) is 1.41. The van der Waals surface area contributed by atoms with Gasteiger partial charge in [-0.15, -0.1) is 0 Å². The van der Waals surface area contributed by atoms with Crippen molar-refractivity contribution in [3.63, 3.8) is 0 Å². The molecule has 2 aromatic rings. The van der Waals surface area contributed by atoms with Gasteiger partial charge in [-0.3, -0.25) is 14.5 Å². The lowest BCUT2D eigenvalue weighted by Gasteiger charge is -2.20. The number of rotatable bonds is 6. The van der Waals surface area contributed by atoms with Gasteiger partial charge in [-0.1, -0.05) is 24.3 Å². The molecule has 1 saturated carbocycles. The summed E-state index contributed by atoms with van der Waals surface area (Å²) in [5.74, 6) is 0.630. The molecular formula is C21H21N3O4. The molecule has 0 bridgehead atoms. The molecule has 2 fully saturated rings. The number of carbonyl (C=O) groups excluding carboxylic acids is 3. The first-order chi connectivity index (χ1) is 13.5. The predicted molar refractivity (Wildman–Crippen MR) is 103 cm³/mol. The molecule has 2 aromatic carbocycles. The number of imide groups is 1. The molecule has 2 aliphatic rings. The number of benzene rings is 2. The van der Waals surface area contributed by atoms with E-state index in [0.717, 1.165) is 17.7 Å². The highest BCUT2D eigenvalue weighted by atomic mass is 16.5. The normalized spacial score (nSPS) is 21.4. The van der Waals surface area contributed by atoms with Crippen molar-refractivity contribution in [3.8, 4) is 11.5 Å². The number of carbonyl (C=O) groups is 3. The zero-order chi connectivity index (χ0) is 19.7. The summed E-state index contributed by atoms with van der Waals surface area (Å²) < 4.78 is 5.75. The lowest BCUT2D eigenvalue weighted by Crippen LogP contribution is -2.46. The third-order valence-electron chi connectivity index (χ3n) is 5.09. The Balaban J connectivity index is 1.39. The smallest absolute Gasteiger partial charge is 0.325 e. The van der Waals surface area contributed by atoms with Gasteiger partial charge in [0.1, 0.15) is 23.6 Å². The molecule has 1 aliphatic heterocycles. The Hall–Kier alpha value is -3.35. The second-order valence-corrected chi connectivity index (χ2v) is 7.29. The first-order valence-corrected chi connectivity index (χ1v) is 9.22. The van der Waals surface area contributed by atoms with Crippen molar-refractivity contribution in [2.24, 2.45) is 5.92 Å². The van der Waals surface area contributed by atoms with E-state index in [-0.39, 0.29) is 18.4 Å². The molecule has 1 heterocycles. The van der Waals surface area contributed by atoms with Crippen LogP contribution >= 0.6 is 0 Å². The number of para-hydroxylation sites is 1. The molecule has 7 heteroatoms. The van der Waals surface area contributed by atoms with Crippen molar-refractivity contribution in [2.45, 2.75) is 25.3 Å². The molecule has 4 rings (SSSR count). The average molecular weight is 379 g/mol. The van der Waals surface area contributed by atoms with Crippen molar-refractivity contribution in [1.29, 1.82) is 0 Å². The standard InChI is InChI=1S/C21H21N3O4/c1-21(14-10-11-14)19(26)24(20(27)23-21)13-18(25)22-15-6-5-9-17(12-15)28-16-7-3-2-4-8-16/h2-9,12,14H,10-11,13H2,1H3,(H,22,25)(H,23,27)/t21-/m1/s1. The zero-order valence-electron chi connectivity index (χ0n) is 15.5. The van der Waals surface area contributed by atoms with Crippen LogP contribution in [0.4, 0.5) is 10.5 Å². The summed E-state index contributed by atoms with van der Waals surface area (Å²) in [4.78, 5) is 38.2. The summed E-state index contributed by atoms with van der Waals surface area (Å²) in [5.41, 5.74) is -0.365. The molecule has 4 amide bonds. The second-order valence-electron chi connectivity index (χ2n) is 7.29. The molecule has 28 heavy (non-hydrogen) atoms. The number of nitrogens with one attached hydrogen (secondary N) is 2. The van der Waals surface area contributed by atoms with Crippen LogP contribution in [-0.2, 0) is 9.59 Å². The van der Waals surface area contributed by atoms with E-state index in [4.69, 9.17) is 4.74 Å². The van der Waals surface area contributed by atoms with Crippen molar-refractivity contribution in [3.05, 3.63) is 54.6 Å². The first-order valence-electron chi connectivity index (χ1n) is 9.22. The minimum atomic E-state index is -0.888. The first kappa shape index (κ1) is 18.0. The number of hydrogen-bond donors (Lipinski definition) is 2. The molecule has 0 spiro atoms. The highest BCUT2D eigenvalue weighted by Gasteiger charge is 2.56. The molecule has 1 atom stereocenters. The molecule has 7 nitrogen and oxygen atoms in total. The van der Waals surface area contributed by atoms with Crippen molar-refractivity contribution in [1.82, 2.24) is 10.2 Å². The third kappa shape index (κ3) is 3.55. The van der Waals surface area contributed by atoms with Crippen LogP contribution in [0.2, 0.25) is 0 Å². The second kappa shape index (κ2) is 6.99. The van der Waals surface area contributed by atoms with E-state index < -0.39 is 17.5 Å². The van der Waals surface area contributed by atoms with Crippen LogP contribution in [0.25, 0.3) is 0 Å².